The van der Waals surface area contributed by atoms with Crippen molar-refractivity contribution in [2.45, 2.75) is 37.9 Å². The molecule has 1 heteroatoms. The van der Waals surface area contributed by atoms with E-state index in [1.165, 1.54) is 36.0 Å². The summed E-state index contributed by atoms with van der Waals surface area (Å²) in [5, 5.41) is 0. The summed E-state index contributed by atoms with van der Waals surface area (Å²) in [6, 6.07) is 0. The van der Waals surface area contributed by atoms with Gasteiger partial charge in [-0.25, -0.2) is 0 Å². The van der Waals surface area contributed by atoms with Gasteiger partial charge in [-0.2, -0.15) is 0 Å². The van der Waals surface area contributed by atoms with Crippen LogP contribution in [0.1, 0.15) is 25.7 Å². The van der Waals surface area contributed by atoms with E-state index >= 15 is 0 Å². The fourth-order valence-corrected chi connectivity index (χ4v) is 6.52. The lowest BCUT2D eigenvalue weighted by Crippen LogP contribution is -2.65. The van der Waals surface area contributed by atoms with E-state index in [1.54, 1.807) is 19.3 Å². The first-order chi connectivity index (χ1) is 7.42. The van der Waals surface area contributed by atoms with Crippen molar-refractivity contribution in [2.75, 3.05) is 0 Å². The van der Waals surface area contributed by atoms with Gasteiger partial charge in [0.2, 0.25) is 0 Å². The van der Waals surface area contributed by atoms with Crippen LogP contribution in [0.4, 0.5) is 0 Å². The Kier molecular flexibility index (Phi) is 0.936. The standard InChI is InChI=1S/C14H18O/c1-5-2-7-8(3-6(1)5)12-11(7)9-4-10-14(15-10)13(9)12/h5-14H,1-4H2/t5-,6+,7-,8+,9+,10-,11?,12?,13+,14-/m1/s1. The molecular formula is C14H18O. The Hall–Kier alpha value is -0.0400. The highest BCUT2D eigenvalue weighted by atomic mass is 16.6. The molecule has 0 aromatic carbocycles. The highest BCUT2D eigenvalue weighted by Gasteiger charge is 2.76. The minimum atomic E-state index is 0.738. The van der Waals surface area contributed by atoms with E-state index in [-0.39, 0.29) is 0 Å². The first-order valence-electron chi connectivity index (χ1n) is 7.07. The largest absolute Gasteiger partial charge is 0.369 e. The third-order valence-electron chi connectivity index (χ3n) is 7.14. The number of ether oxygens (including phenoxy) is 1. The van der Waals surface area contributed by atoms with Crippen LogP contribution in [0.2, 0.25) is 0 Å². The molecule has 6 aliphatic rings. The van der Waals surface area contributed by atoms with E-state index in [9.17, 15) is 0 Å². The molecule has 10 atom stereocenters. The average molecular weight is 202 g/mol. The lowest BCUT2D eigenvalue weighted by Gasteiger charge is -2.68. The molecule has 0 aromatic heterocycles. The molecular weight excluding hydrogens is 184 g/mol. The predicted octanol–water partition coefficient (Wildman–Crippen LogP) is 2.31. The van der Waals surface area contributed by atoms with Gasteiger partial charge in [-0.1, -0.05) is 0 Å². The minimum absolute atomic E-state index is 0.738. The summed E-state index contributed by atoms with van der Waals surface area (Å²) >= 11 is 0. The molecule has 0 radical (unpaired) electrons. The van der Waals surface area contributed by atoms with Crippen LogP contribution in [0.25, 0.3) is 0 Å². The maximum atomic E-state index is 5.76. The molecule has 1 nitrogen and oxygen atoms in total. The Bertz CT molecular complexity index is 358. The fourth-order valence-electron chi connectivity index (χ4n) is 6.52. The molecule has 0 spiro atoms. The second kappa shape index (κ2) is 1.92. The Morgan fingerprint density at radius 2 is 1.47 bits per heavy atom. The average Bonchev–Trinajstić information content (AvgIpc) is 3.04. The van der Waals surface area contributed by atoms with Crippen LogP contribution in [-0.2, 0) is 4.74 Å². The molecule has 6 fully saturated rings. The first-order valence-corrected chi connectivity index (χ1v) is 7.07. The van der Waals surface area contributed by atoms with Crippen molar-refractivity contribution < 1.29 is 4.74 Å². The topological polar surface area (TPSA) is 12.5 Å². The summed E-state index contributed by atoms with van der Waals surface area (Å²) in [5.74, 6) is 9.27. The van der Waals surface area contributed by atoms with Crippen molar-refractivity contribution >= 4 is 0 Å². The molecule has 1 aliphatic heterocycles. The van der Waals surface area contributed by atoms with Crippen molar-refractivity contribution in [1.29, 1.82) is 0 Å². The van der Waals surface area contributed by atoms with Crippen LogP contribution in [0.3, 0.4) is 0 Å². The fraction of sp³-hybridized carbons (Fsp3) is 1.00. The zero-order valence-corrected chi connectivity index (χ0v) is 9.01. The smallest absolute Gasteiger partial charge is 0.0875 e. The van der Waals surface area contributed by atoms with Crippen LogP contribution in [0, 0.1) is 47.3 Å². The van der Waals surface area contributed by atoms with Crippen molar-refractivity contribution in [3.63, 3.8) is 0 Å². The van der Waals surface area contributed by atoms with E-state index in [2.05, 4.69) is 0 Å². The van der Waals surface area contributed by atoms with Crippen molar-refractivity contribution in [1.82, 2.24) is 0 Å². The van der Waals surface area contributed by atoms with Gasteiger partial charge in [-0.3, -0.25) is 0 Å². The molecule has 6 rings (SSSR count). The Balaban J connectivity index is 1.37. The molecule has 0 amide bonds. The quantitative estimate of drug-likeness (QED) is 0.549. The highest BCUT2D eigenvalue weighted by Crippen LogP contribution is 2.77. The van der Waals surface area contributed by atoms with Gasteiger partial charge >= 0.3 is 0 Å². The normalized spacial score (nSPS) is 80.0. The molecule has 0 aromatic rings. The van der Waals surface area contributed by atoms with Crippen molar-refractivity contribution in [3.8, 4) is 0 Å². The number of epoxide rings is 1. The monoisotopic (exact) mass is 202 g/mol. The van der Waals surface area contributed by atoms with Crippen LogP contribution in [0.15, 0.2) is 0 Å². The van der Waals surface area contributed by atoms with Gasteiger partial charge in [0.15, 0.2) is 0 Å². The lowest BCUT2D eigenvalue weighted by atomic mass is 9.36. The van der Waals surface area contributed by atoms with E-state index in [0.717, 1.165) is 30.0 Å². The zero-order valence-electron chi connectivity index (χ0n) is 9.01. The summed E-state index contributed by atoms with van der Waals surface area (Å²) in [6.07, 6.45) is 7.81. The number of hydrogen-bond acceptors (Lipinski definition) is 1. The van der Waals surface area contributed by atoms with Gasteiger partial charge in [-0.15, -0.1) is 0 Å². The summed E-state index contributed by atoms with van der Waals surface area (Å²) in [7, 11) is 0. The SMILES string of the molecule is C1[C@@H]2C[C@H]3C4C([C@H]5[C@@H]6O[C@@H]6C[C@@H]45)[C@H]3C[C@H]12. The molecule has 80 valence electrons. The van der Waals surface area contributed by atoms with Crippen LogP contribution < -0.4 is 0 Å². The molecule has 1 saturated heterocycles. The first kappa shape index (κ1) is 7.32. The van der Waals surface area contributed by atoms with E-state index in [0.29, 0.717) is 0 Å². The van der Waals surface area contributed by atoms with Gasteiger partial charge < -0.3 is 4.74 Å². The third kappa shape index (κ3) is 0.638. The van der Waals surface area contributed by atoms with Crippen LogP contribution in [0.5, 0.6) is 0 Å². The van der Waals surface area contributed by atoms with Crippen LogP contribution >= 0.6 is 0 Å². The van der Waals surface area contributed by atoms with E-state index in [4.69, 9.17) is 4.74 Å². The van der Waals surface area contributed by atoms with Gasteiger partial charge in [0.25, 0.3) is 0 Å². The number of fused-ring (bicyclic) bond motifs is 10. The van der Waals surface area contributed by atoms with Crippen molar-refractivity contribution in [2.24, 2.45) is 47.3 Å². The molecule has 5 aliphatic carbocycles. The van der Waals surface area contributed by atoms with Gasteiger partial charge in [-0.05, 0) is 73.0 Å². The summed E-state index contributed by atoms with van der Waals surface area (Å²) in [4.78, 5) is 0. The maximum Gasteiger partial charge on any atom is 0.0875 e. The second-order valence-electron chi connectivity index (χ2n) is 7.33. The Morgan fingerprint density at radius 1 is 0.667 bits per heavy atom. The third-order valence-corrected chi connectivity index (χ3v) is 7.14. The Labute approximate surface area is 90.6 Å². The van der Waals surface area contributed by atoms with Gasteiger partial charge in [0.05, 0.1) is 12.2 Å². The molecule has 0 bridgehead atoms. The summed E-state index contributed by atoms with van der Waals surface area (Å²) in [6.45, 7) is 0. The zero-order chi connectivity index (χ0) is 9.31. The summed E-state index contributed by atoms with van der Waals surface area (Å²) < 4.78 is 5.76. The van der Waals surface area contributed by atoms with E-state index in [1.807, 2.05) is 0 Å². The van der Waals surface area contributed by atoms with Gasteiger partial charge in [0.1, 0.15) is 0 Å². The van der Waals surface area contributed by atoms with Gasteiger partial charge in [0, 0.05) is 0 Å². The van der Waals surface area contributed by atoms with Crippen LogP contribution in [-0.4, -0.2) is 12.2 Å². The number of rotatable bonds is 0. The summed E-state index contributed by atoms with van der Waals surface area (Å²) in [5.41, 5.74) is 0. The molecule has 5 saturated carbocycles. The molecule has 0 N–H and O–H groups in total. The second-order valence-corrected chi connectivity index (χ2v) is 7.33. The lowest BCUT2D eigenvalue weighted by molar-refractivity contribution is -0.223. The highest BCUT2D eigenvalue weighted by molar-refractivity contribution is 5.23. The predicted molar refractivity (Wildman–Crippen MR) is 55.0 cm³/mol. The van der Waals surface area contributed by atoms with Crippen molar-refractivity contribution in [3.05, 3.63) is 0 Å². The molecule has 15 heavy (non-hydrogen) atoms. The minimum Gasteiger partial charge on any atom is -0.369 e. The molecule has 1 heterocycles. The molecule has 2 unspecified atom stereocenters. The maximum absolute atomic E-state index is 5.76. The van der Waals surface area contributed by atoms with E-state index < -0.39 is 0 Å². The number of hydrogen-bond donors (Lipinski definition) is 0. The Morgan fingerprint density at radius 3 is 2.33 bits per heavy atom.